The Labute approximate surface area is 158 Å². The van der Waals surface area contributed by atoms with Crippen LogP contribution in [0.5, 0.6) is 0 Å². The number of methoxy groups -OCH3 is 1. The van der Waals surface area contributed by atoms with Crippen molar-refractivity contribution in [1.82, 2.24) is 5.32 Å². The summed E-state index contributed by atoms with van der Waals surface area (Å²) in [6, 6.07) is 13.7. The van der Waals surface area contributed by atoms with Gasteiger partial charge in [-0.25, -0.2) is 4.79 Å². The van der Waals surface area contributed by atoms with Crippen molar-refractivity contribution < 1.29 is 19.1 Å². The van der Waals surface area contributed by atoms with Crippen LogP contribution in [0.25, 0.3) is 0 Å². The fourth-order valence-electron chi connectivity index (χ4n) is 2.40. The van der Waals surface area contributed by atoms with Crippen LogP contribution in [-0.2, 0) is 16.1 Å². The Hall–Kier alpha value is -3.15. The third-order valence-corrected chi connectivity index (χ3v) is 4.25. The summed E-state index contributed by atoms with van der Waals surface area (Å²) in [6.45, 7) is 4.14. The largest absolute Gasteiger partial charge is 0.465 e. The van der Waals surface area contributed by atoms with Gasteiger partial charge in [-0.3, -0.25) is 9.59 Å². The second-order valence-corrected chi connectivity index (χ2v) is 6.25. The minimum atomic E-state index is -0.491. The van der Waals surface area contributed by atoms with E-state index in [1.54, 1.807) is 18.2 Å². The maximum atomic E-state index is 12.3. The van der Waals surface area contributed by atoms with Gasteiger partial charge in [0.25, 0.3) is 5.91 Å². The summed E-state index contributed by atoms with van der Waals surface area (Å²) in [5.74, 6) is -0.877. The van der Waals surface area contributed by atoms with Gasteiger partial charge in [-0.2, -0.15) is 0 Å². The normalized spacial score (nSPS) is 11.4. The van der Waals surface area contributed by atoms with Gasteiger partial charge in [0.1, 0.15) is 0 Å². The zero-order chi connectivity index (χ0) is 19.8. The first-order valence-electron chi connectivity index (χ1n) is 8.81. The molecule has 1 atom stereocenters. The Kier molecular flexibility index (Phi) is 7.11. The molecule has 6 heteroatoms. The Bertz CT molecular complexity index is 832. The second-order valence-electron chi connectivity index (χ2n) is 6.25. The van der Waals surface area contributed by atoms with Gasteiger partial charge in [-0.1, -0.05) is 32.0 Å². The van der Waals surface area contributed by atoms with Crippen LogP contribution in [0.15, 0.2) is 48.5 Å². The van der Waals surface area contributed by atoms with Crippen LogP contribution < -0.4 is 10.6 Å². The summed E-state index contributed by atoms with van der Waals surface area (Å²) in [6.07, 6.45) is 0.770. The van der Waals surface area contributed by atoms with Crippen molar-refractivity contribution in [3.63, 3.8) is 0 Å². The molecule has 0 heterocycles. The number of ether oxygens (including phenoxy) is 1. The minimum absolute atomic E-state index is 0.0293. The van der Waals surface area contributed by atoms with Gasteiger partial charge in [0.2, 0.25) is 5.91 Å². The van der Waals surface area contributed by atoms with Gasteiger partial charge in [0.05, 0.1) is 12.7 Å². The smallest absolute Gasteiger partial charge is 0.337 e. The summed E-state index contributed by atoms with van der Waals surface area (Å²) in [5, 5.41) is 5.69. The van der Waals surface area contributed by atoms with Crippen LogP contribution in [0.4, 0.5) is 5.69 Å². The molecular weight excluding hydrogens is 344 g/mol. The summed E-state index contributed by atoms with van der Waals surface area (Å²) >= 11 is 0. The molecule has 0 bridgehead atoms. The molecule has 0 aliphatic carbocycles. The number of anilines is 1. The van der Waals surface area contributed by atoms with Crippen molar-refractivity contribution in [2.24, 2.45) is 5.92 Å². The van der Waals surface area contributed by atoms with Crippen molar-refractivity contribution in [2.45, 2.75) is 26.8 Å². The van der Waals surface area contributed by atoms with Crippen molar-refractivity contribution in [1.29, 1.82) is 0 Å². The quantitative estimate of drug-likeness (QED) is 0.734. The van der Waals surface area contributed by atoms with Crippen molar-refractivity contribution in [3.8, 4) is 0 Å². The standard InChI is InChI=1S/C21H24N2O4/c1-4-14(2)19(24)23-18-10-5-7-15(11-18)13-22-20(25)16-8-6-9-17(12-16)21(26)27-3/h5-12,14H,4,13H2,1-3H3,(H,22,25)(H,23,24). The van der Waals surface area contributed by atoms with Crippen LogP contribution in [-0.4, -0.2) is 24.9 Å². The van der Waals surface area contributed by atoms with Crippen LogP contribution >= 0.6 is 0 Å². The van der Waals surface area contributed by atoms with Crippen molar-refractivity contribution in [3.05, 3.63) is 65.2 Å². The molecule has 2 N–H and O–H groups in total. The molecular formula is C21H24N2O4. The molecule has 142 valence electrons. The topological polar surface area (TPSA) is 84.5 Å². The predicted octanol–water partition coefficient (Wildman–Crippen LogP) is 3.39. The van der Waals surface area contributed by atoms with Gasteiger partial charge in [-0.15, -0.1) is 0 Å². The highest BCUT2D eigenvalue weighted by Gasteiger charge is 2.12. The molecule has 0 spiro atoms. The van der Waals surface area contributed by atoms with Crippen LogP contribution in [0.2, 0.25) is 0 Å². The predicted molar refractivity (Wildman–Crippen MR) is 103 cm³/mol. The Morgan fingerprint density at radius 2 is 1.74 bits per heavy atom. The lowest BCUT2D eigenvalue weighted by Crippen LogP contribution is -2.23. The highest BCUT2D eigenvalue weighted by Crippen LogP contribution is 2.13. The maximum Gasteiger partial charge on any atom is 0.337 e. The third kappa shape index (κ3) is 5.67. The molecule has 0 aliphatic heterocycles. The molecule has 0 radical (unpaired) electrons. The molecule has 0 fully saturated rings. The van der Waals surface area contributed by atoms with E-state index in [0.29, 0.717) is 23.4 Å². The highest BCUT2D eigenvalue weighted by atomic mass is 16.5. The Morgan fingerprint density at radius 1 is 1.04 bits per heavy atom. The molecule has 0 saturated carbocycles. The van der Waals surface area contributed by atoms with Gasteiger partial charge >= 0.3 is 5.97 Å². The average molecular weight is 368 g/mol. The van der Waals surface area contributed by atoms with Gasteiger partial charge in [0, 0.05) is 23.7 Å². The number of hydrogen-bond acceptors (Lipinski definition) is 4. The molecule has 2 aromatic rings. The molecule has 2 aromatic carbocycles. The first kappa shape index (κ1) is 20.2. The molecule has 2 rings (SSSR count). The average Bonchev–Trinajstić information content (AvgIpc) is 2.71. The van der Waals surface area contributed by atoms with Gasteiger partial charge < -0.3 is 15.4 Å². The van der Waals surface area contributed by atoms with E-state index in [4.69, 9.17) is 0 Å². The SMILES string of the molecule is CCC(C)C(=O)Nc1cccc(CNC(=O)c2cccc(C(=O)OC)c2)c1. The first-order valence-corrected chi connectivity index (χ1v) is 8.81. The molecule has 1 unspecified atom stereocenters. The number of esters is 1. The van der Waals surface area contributed by atoms with E-state index >= 15 is 0 Å². The summed E-state index contributed by atoms with van der Waals surface area (Å²) in [4.78, 5) is 35.9. The van der Waals surface area contributed by atoms with Gasteiger partial charge in [0.15, 0.2) is 0 Å². The van der Waals surface area contributed by atoms with E-state index in [-0.39, 0.29) is 17.7 Å². The number of carbonyl (C=O) groups excluding carboxylic acids is 3. The molecule has 2 amide bonds. The van der Waals surface area contributed by atoms with Crippen LogP contribution in [0, 0.1) is 5.92 Å². The summed E-state index contributed by atoms with van der Waals surface area (Å²) in [5.41, 5.74) is 2.24. The molecule has 0 aromatic heterocycles. The summed E-state index contributed by atoms with van der Waals surface area (Å²) < 4.78 is 4.66. The van der Waals surface area contributed by atoms with E-state index in [0.717, 1.165) is 12.0 Å². The molecule has 0 saturated heterocycles. The lowest BCUT2D eigenvalue weighted by atomic mass is 10.1. The first-order chi connectivity index (χ1) is 12.9. The van der Waals surface area contributed by atoms with E-state index in [2.05, 4.69) is 15.4 Å². The van der Waals surface area contributed by atoms with Crippen LogP contribution in [0.3, 0.4) is 0 Å². The number of benzene rings is 2. The molecule has 27 heavy (non-hydrogen) atoms. The maximum absolute atomic E-state index is 12.3. The fourth-order valence-corrected chi connectivity index (χ4v) is 2.40. The van der Waals surface area contributed by atoms with Crippen LogP contribution in [0.1, 0.15) is 46.5 Å². The number of rotatable bonds is 7. The lowest BCUT2D eigenvalue weighted by Gasteiger charge is -2.11. The Morgan fingerprint density at radius 3 is 2.44 bits per heavy atom. The molecule has 0 aliphatic rings. The molecule has 6 nitrogen and oxygen atoms in total. The zero-order valence-electron chi connectivity index (χ0n) is 15.7. The van der Waals surface area contributed by atoms with E-state index in [9.17, 15) is 14.4 Å². The second kappa shape index (κ2) is 9.52. The van der Waals surface area contributed by atoms with E-state index in [1.807, 2.05) is 38.1 Å². The Balaban J connectivity index is 2.00. The number of hydrogen-bond donors (Lipinski definition) is 2. The van der Waals surface area contributed by atoms with E-state index < -0.39 is 5.97 Å². The number of carbonyl (C=O) groups is 3. The number of nitrogens with one attached hydrogen (secondary N) is 2. The van der Waals surface area contributed by atoms with E-state index in [1.165, 1.54) is 13.2 Å². The highest BCUT2D eigenvalue weighted by molar-refractivity contribution is 5.98. The van der Waals surface area contributed by atoms with Gasteiger partial charge in [-0.05, 0) is 42.3 Å². The number of amides is 2. The third-order valence-electron chi connectivity index (χ3n) is 4.25. The van der Waals surface area contributed by atoms with Crippen molar-refractivity contribution in [2.75, 3.05) is 12.4 Å². The minimum Gasteiger partial charge on any atom is -0.465 e. The van der Waals surface area contributed by atoms with Crippen molar-refractivity contribution >= 4 is 23.5 Å². The lowest BCUT2D eigenvalue weighted by molar-refractivity contribution is -0.119. The fraction of sp³-hybridized carbons (Fsp3) is 0.286. The zero-order valence-corrected chi connectivity index (χ0v) is 15.7. The monoisotopic (exact) mass is 368 g/mol. The summed E-state index contributed by atoms with van der Waals surface area (Å²) in [7, 11) is 1.29.